The molecule has 1 unspecified atom stereocenters. The minimum atomic E-state index is 0.356. The first kappa shape index (κ1) is 16.4. The van der Waals surface area contributed by atoms with Crippen LogP contribution < -0.4 is 0 Å². The number of rotatable bonds is 1. The Balaban J connectivity index is 2.49. The van der Waals surface area contributed by atoms with Crippen molar-refractivity contribution in [3.8, 4) is 0 Å². The van der Waals surface area contributed by atoms with Gasteiger partial charge in [0, 0.05) is 10.2 Å². The van der Waals surface area contributed by atoms with E-state index in [0.29, 0.717) is 10.7 Å². The van der Waals surface area contributed by atoms with E-state index < -0.39 is 0 Å². The standard InChI is InChI=1S/C20H28S/c1-14-9-7-8-10-18(14)19-17(4)15(2)13-20(5,6)12-11-16(3)21-19/h7-10,16H,2,11-13H2,1,3-6H3/b19-17-. The van der Waals surface area contributed by atoms with Crippen LogP contribution in [0.1, 0.15) is 58.1 Å². The van der Waals surface area contributed by atoms with Crippen LogP contribution in [0.2, 0.25) is 0 Å². The summed E-state index contributed by atoms with van der Waals surface area (Å²) in [5, 5.41) is 0.653. The molecule has 0 fully saturated rings. The third-order valence-corrected chi connectivity index (χ3v) is 5.90. The summed E-state index contributed by atoms with van der Waals surface area (Å²) in [6.45, 7) is 16.0. The van der Waals surface area contributed by atoms with Crippen LogP contribution in [-0.4, -0.2) is 5.25 Å². The van der Waals surface area contributed by atoms with Gasteiger partial charge in [-0.25, -0.2) is 0 Å². The van der Waals surface area contributed by atoms with Crippen LogP contribution >= 0.6 is 11.8 Å². The van der Waals surface area contributed by atoms with Gasteiger partial charge in [0.2, 0.25) is 0 Å². The predicted molar refractivity (Wildman–Crippen MR) is 97.6 cm³/mol. The van der Waals surface area contributed by atoms with Crippen LogP contribution in [0.15, 0.2) is 42.0 Å². The van der Waals surface area contributed by atoms with Crippen molar-refractivity contribution in [2.45, 2.75) is 59.1 Å². The monoisotopic (exact) mass is 300 g/mol. The molecule has 0 saturated heterocycles. The Morgan fingerprint density at radius 2 is 1.86 bits per heavy atom. The van der Waals surface area contributed by atoms with Crippen LogP contribution in [0, 0.1) is 12.3 Å². The molecule has 114 valence electrons. The van der Waals surface area contributed by atoms with Crippen molar-refractivity contribution in [1.82, 2.24) is 0 Å². The van der Waals surface area contributed by atoms with Crippen LogP contribution in [-0.2, 0) is 0 Å². The first-order chi connectivity index (χ1) is 9.80. The van der Waals surface area contributed by atoms with Crippen molar-refractivity contribution in [2.24, 2.45) is 5.41 Å². The second-order valence-electron chi connectivity index (χ2n) is 7.18. The summed E-state index contributed by atoms with van der Waals surface area (Å²) in [4.78, 5) is 1.43. The fourth-order valence-corrected chi connectivity index (χ4v) is 4.31. The third kappa shape index (κ3) is 4.03. The Morgan fingerprint density at radius 3 is 2.52 bits per heavy atom. The summed E-state index contributed by atoms with van der Waals surface area (Å²) in [5.74, 6) is 0. The zero-order valence-electron chi connectivity index (χ0n) is 14.1. The Morgan fingerprint density at radius 1 is 1.19 bits per heavy atom. The minimum Gasteiger partial charge on any atom is -0.122 e. The van der Waals surface area contributed by atoms with Crippen molar-refractivity contribution in [3.63, 3.8) is 0 Å². The quantitative estimate of drug-likeness (QED) is 0.562. The van der Waals surface area contributed by atoms with E-state index in [0.717, 1.165) is 6.42 Å². The van der Waals surface area contributed by atoms with Crippen molar-refractivity contribution in [3.05, 3.63) is 53.1 Å². The van der Waals surface area contributed by atoms with Gasteiger partial charge in [0.15, 0.2) is 0 Å². The van der Waals surface area contributed by atoms with Crippen molar-refractivity contribution >= 4 is 16.7 Å². The van der Waals surface area contributed by atoms with Gasteiger partial charge in [0.05, 0.1) is 0 Å². The van der Waals surface area contributed by atoms with E-state index in [9.17, 15) is 0 Å². The highest BCUT2D eigenvalue weighted by molar-refractivity contribution is 8.08. The fourth-order valence-electron chi connectivity index (χ4n) is 2.99. The molecule has 0 bridgehead atoms. The van der Waals surface area contributed by atoms with Gasteiger partial charge in [-0.3, -0.25) is 0 Å². The SMILES string of the molecule is C=C1CC(C)(C)CCC(C)S/C(c2ccccc2C)=C\1C. The van der Waals surface area contributed by atoms with Gasteiger partial charge in [-0.1, -0.05) is 57.2 Å². The summed E-state index contributed by atoms with van der Waals surface area (Å²) < 4.78 is 0. The molecular weight excluding hydrogens is 272 g/mol. The van der Waals surface area contributed by atoms with E-state index in [-0.39, 0.29) is 0 Å². The van der Waals surface area contributed by atoms with Crippen molar-refractivity contribution in [2.75, 3.05) is 0 Å². The Bertz CT molecular complexity index is 563. The molecule has 1 aromatic carbocycles. The van der Waals surface area contributed by atoms with Gasteiger partial charge in [-0.15, -0.1) is 11.8 Å². The maximum Gasteiger partial charge on any atom is 0.0182 e. The van der Waals surface area contributed by atoms with E-state index in [1.807, 2.05) is 11.8 Å². The second-order valence-corrected chi connectivity index (χ2v) is 8.63. The van der Waals surface area contributed by atoms with E-state index in [1.165, 1.54) is 40.0 Å². The van der Waals surface area contributed by atoms with Crippen LogP contribution in [0.25, 0.3) is 4.91 Å². The van der Waals surface area contributed by atoms with Crippen LogP contribution in [0.3, 0.4) is 0 Å². The molecule has 0 saturated carbocycles. The summed E-state index contributed by atoms with van der Waals surface area (Å²) in [6, 6.07) is 8.73. The van der Waals surface area contributed by atoms with Gasteiger partial charge < -0.3 is 0 Å². The van der Waals surface area contributed by atoms with E-state index in [4.69, 9.17) is 0 Å². The average Bonchev–Trinajstić information content (AvgIpc) is 2.45. The summed E-state index contributed by atoms with van der Waals surface area (Å²) in [5.41, 5.74) is 5.79. The van der Waals surface area contributed by atoms with E-state index in [1.54, 1.807) is 0 Å². The number of allylic oxidation sites excluding steroid dienone is 2. The highest BCUT2D eigenvalue weighted by Gasteiger charge is 2.25. The molecule has 1 aliphatic heterocycles. The van der Waals surface area contributed by atoms with E-state index in [2.05, 4.69) is 65.5 Å². The lowest BCUT2D eigenvalue weighted by Gasteiger charge is -2.25. The number of benzene rings is 1. The first-order valence-electron chi connectivity index (χ1n) is 7.92. The summed E-state index contributed by atoms with van der Waals surface area (Å²) in [6.07, 6.45) is 3.64. The Hall–Kier alpha value is -0.950. The molecule has 1 heteroatoms. The molecule has 0 spiro atoms. The largest absolute Gasteiger partial charge is 0.122 e. The Kier molecular flexibility index (Phi) is 5.03. The number of thioether (sulfide) groups is 1. The van der Waals surface area contributed by atoms with Gasteiger partial charge in [0.25, 0.3) is 0 Å². The number of hydrogen-bond donors (Lipinski definition) is 0. The zero-order valence-corrected chi connectivity index (χ0v) is 14.9. The molecule has 0 aliphatic carbocycles. The van der Waals surface area contributed by atoms with Gasteiger partial charge >= 0.3 is 0 Å². The van der Waals surface area contributed by atoms with Gasteiger partial charge in [-0.2, -0.15) is 0 Å². The first-order valence-corrected chi connectivity index (χ1v) is 8.80. The molecule has 0 N–H and O–H groups in total. The molecule has 0 nitrogen and oxygen atoms in total. The topological polar surface area (TPSA) is 0 Å². The predicted octanol–water partition coefficient (Wildman–Crippen LogP) is 6.61. The molecule has 1 atom stereocenters. The maximum absolute atomic E-state index is 4.39. The fraction of sp³-hybridized carbons (Fsp3) is 0.500. The zero-order chi connectivity index (χ0) is 15.6. The molecule has 0 aromatic heterocycles. The van der Waals surface area contributed by atoms with Crippen LogP contribution in [0.5, 0.6) is 0 Å². The molecule has 1 aromatic rings. The minimum absolute atomic E-state index is 0.356. The molecule has 1 heterocycles. The lowest BCUT2D eigenvalue weighted by atomic mass is 9.80. The summed E-state index contributed by atoms with van der Waals surface area (Å²) in [7, 11) is 0. The normalized spacial score (nSPS) is 26.9. The van der Waals surface area contributed by atoms with Crippen molar-refractivity contribution in [1.29, 1.82) is 0 Å². The Labute approximate surface area is 134 Å². The highest BCUT2D eigenvalue weighted by atomic mass is 32.2. The van der Waals surface area contributed by atoms with Crippen molar-refractivity contribution < 1.29 is 0 Å². The smallest absolute Gasteiger partial charge is 0.0182 e. The highest BCUT2D eigenvalue weighted by Crippen LogP contribution is 2.44. The number of aryl methyl sites for hydroxylation is 1. The molecule has 2 rings (SSSR count). The molecular formula is C20H28S. The lowest BCUT2D eigenvalue weighted by molar-refractivity contribution is 0.324. The number of hydrogen-bond acceptors (Lipinski definition) is 1. The van der Waals surface area contributed by atoms with Crippen LogP contribution in [0.4, 0.5) is 0 Å². The van der Waals surface area contributed by atoms with E-state index >= 15 is 0 Å². The molecule has 0 radical (unpaired) electrons. The van der Waals surface area contributed by atoms with Gasteiger partial charge in [-0.05, 0) is 55.2 Å². The maximum atomic E-state index is 4.39. The molecule has 21 heavy (non-hydrogen) atoms. The molecule has 0 amide bonds. The average molecular weight is 301 g/mol. The third-order valence-electron chi connectivity index (χ3n) is 4.50. The second kappa shape index (κ2) is 6.44. The lowest BCUT2D eigenvalue weighted by Crippen LogP contribution is -2.13. The van der Waals surface area contributed by atoms with Gasteiger partial charge in [0.1, 0.15) is 0 Å². The molecule has 1 aliphatic rings. The summed E-state index contributed by atoms with van der Waals surface area (Å²) >= 11 is 2.03.